The van der Waals surface area contributed by atoms with E-state index in [0.717, 1.165) is 27.3 Å². The molecule has 0 saturated carbocycles. The monoisotopic (exact) mass is 519 g/mol. The number of hydrazone groups is 1. The standard InChI is InChI=1S/C30H21N3O6/c1-38-24-14-16(33(36)37)10-12-22(24)23-13-11-17(39-23)15-31-32-29(34)27-25-18-6-2-3-7-19(18)26(28(27)30(32)35)21-9-5-4-8-20(21)25/h2-15,25-28H,1H3/b31-15-/t25?,26?,27-,28-/m0/s1. The van der Waals surface area contributed by atoms with E-state index in [1.54, 1.807) is 18.2 Å². The molecule has 4 aliphatic rings. The van der Waals surface area contributed by atoms with Gasteiger partial charge in [0.25, 0.3) is 17.5 Å². The first-order valence-electron chi connectivity index (χ1n) is 12.5. The zero-order valence-electron chi connectivity index (χ0n) is 20.7. The fourth-order valence-corrected chi connectivity index (χ4v) is 6.45. The number of imide groups is 1. The Kier molecular flexibility index (Phi) is 5.03. The number of carbonyl (C=O) groups excluding carboxylic acids is 2. The zero-order chi connectivity index (χ0) is 26.8. The first-order chi connectivity index (χ1) is 19.0. The van der Waals surface area contributed by atoms with E-state index in [1.807, 2.05) is 24.3 Å². The molecule has 0 spiro atoms. The molecule has 9 heteroatoms. The van der Waals surface area contributed by atoms with Gasteiger partial charge in [-0.15, -0.1) is 0 Å². The number of non-ortho nitro benzene ring substituents is 1. The van der Waals surface area contributed by atoms with Crippen LogP contribution in [0.1, 0.15) is 39.8 Å². The highest BCUT2D eigenvalue weighted by molar-refractivity contribution is 6.08. The van der Waals surface area contributed by atoms with Crippen molar-refractivity contribution in [1.29, 1.82) is 0 Å². The third kappa shape index (κ3) is 3.29. The van der Waals surface area contributed by atoms with Crippen LogP contribution in [0.3, 0.4) is 0 Å². The highest BCUT2D eigenvalue weighted by Crippen LogP contribution is 2.61. The van der Waals surface area contributed by atoms with Gasteiger partial charge in [0, 0.05) is 17.9 Å². The molecule has 9 nitrogen and oxygen atoms in total. The lowest BCUT2D eigenvalue weighted by atomic mass is 9.55. The number of nitro benzene ring substituents is 1. The van der Waals surface area contributed by atoms with Crippen molar-refractivity contribution < 1.29 is 23.7 Å². The topological polar surface area (TPSA) is 115 Å². The Morgan fingerprint density at radius 3 is 1.95 bits per heavy atom. The van der Waals surface area contributed by atoms with Crippen LogP contribution in [-0.4, -0.2) is 35.1 Å². The lowest BCUT2D eigenvalue weighted by Gasteiger charge is -2.45. The summed E-state index contributed by atoms with van der Waals surface area (Å²) in [6, 6.07) is 23.7. The number of hydrogen-bond donors (Lipinski definition) is 0. The number of nitro groups is 1. The number of nitrogens with zero attached hydrogens (tertiary/aromatic N) is 3. The fraction of sp³-hybridized carbons (Fsp3) is 0.167. The molecule has 0 unspecified atom stereocenters. The summed E-state index contributed by atoms with van der Waals surface area (Å²) >= 11 is 0. The average molecular weight is 520 g/mol. The summed E-state index contributed by atoms with van der Waals surface area (Å²) in [5, 5.41) is 16.4. The van der Waals surface area contributed by atoms with Gasteiger partial charge in [0.15, 0.2) is 0 Å². The average Bonchev–Trinajstić information content (AvgIpc) is 3.54. The minimum absolute atomic E-state index is 0.102. The maximum Gasteiger partial charge on any atom is 0.273 e. The molecule has 39 heavy (non-hydrogen) atoms. The van der Waals surface area contributed by atoms with Crippen LogP contribution in [0.2, 0.25) is 0 Å². The van der Waals surface area contributed by atoms with E-state index >= 15 is 0 Å². The maximum atomic E-state index is 13.7. The summed E-state index contributed by atoms with van der Waals surface area (Å²) < 4.78 is 11.2. The normalized spacial score (nSPS) is 22.6. The predicted octanol–water partition coefficient (Wildman–Crippen LogP) is 5.09. The first-order valence-corrected chi connectivity index (χ1v) is 12.5. The van der Waals surface area contributed by atoms with Crippen molar-refractivity contribution in [2.45, 2.75) is 11.8 Å². The third-order valence-electron chi connectivity index (χ3n) is 8.01. The third-order valence-corrected chi connectivity index (χ3v) is 8.01. The summed E-state index contributed by atoms with van der Waals surface area (Å²) in [7, 11) is 1.42. The molecular formula is C30H21N3O6. The van der Waals surface area contributed by atoms with Crippen LogP contribution in [0, 0.1) is 22.0 Å². The van der Waals surface area contributed by atoms with E-state index in [0.29, 0.717) is 17.1 Å². The van der Waals surface area contributed by atoms with Crippen LogP contribution in [0.4, 0.5) is 5.69 Å². The molecule has 1 saturated heterocycles. The minimum atomic E-state index is -0.513. The van der Waals surface area contributed by atoms with Crippen LogP contribution in [0.5, 0.6) is 5.75 Å². The SMILES string of the molecule is COc1cc([N+](=O)[O-])ccc1-c1ccc(/C=N\N2C(=O)[C@H]3C4c5ccccc5C(c5ccccc54)[C@@H]3C2=O)o1. The summed E-state index contributed by atoms with van der Waals surface area (Å²) in [6.07, 6.45) is 1.34. The highest BCUT2D eigenvalue weighted by Gasteiger charge is 2.61. The van der Waals surface area contributed by atoms with E-state index in [9.17, 15) is 19.7 Å². The van der Waals surface area contributed by atoms with Crippen molar-refractivity contribution in [3.8, 4) is 17.1 Å². The molecule has 8 rings (SSSR count). The largest absolute Gasteiger partial charge is 0.496 e. The molecule has 3 aromatic carbocycles. The van der Waals surface area contributed by atoms with Crippen LogP contribution < -0.4 is 4.74 Å². The van der Waals surface area contributed by atoms with Crippen molar-refractivity contribution in [3.05, 3.63) is 117 Å². The number of carbonyl (C=O) groups is 2. The van der Waals surface area contributed by atoms with Gasteiger partial charge >= 0.3 is 0 Å². The quantitative estimate of drug-likeness (QED) is 0.157. The lowest BCUT2D eigenvalue weighted by Crippen LogP contribution is -2.41. The molecular weight excluding hydrogens is 498 g/mol. The summed E-state index contributed by atoms with van der Waals surface area (Å²) in [5.74, 6) is -1.06. The van der Waals surface area contributed by atoms with Gasteiger partial charge in [-0.25, -0.2) is 0 Å². The van der Waals surface area contributed by atoms with E-state index in [2.05, 4.69) is 29.4 Å². The lowest BCUT2D eigenvalue weighted by molar-refractivity contribution is -0.384. The molecule has 1 aromatic heterocycles. The van der Waals surface area contributed by atoms with Crippen LogP contribution in [0.15, 0.2) is 88.4 Å². The molecule has 4 aromatic rings. The second-order valence-electron chi connectivity index (χ2n) is 9.84. The minimum Gasteiger partial charge on any atom is -0.496 e. The van der Waals surface area contributed by atoms with E-state index in [-0.39, 0.29) is 35.1 Å². The van der Waals surface area contributed by atoms with E-state index < -0.39 is 16.8 Å². The highest BCUT2D eigenvalue weighted by atomic mass is 16.6. The molecule has 192 valence electrons. The van der Waals surface area contributed by atoms with Crippen molar-refractivity contribution in [2.75, 3.05) is 7.11 Å². The van der Waals surface area contributed by atoms with Gasteiger partial charge < -0.3 is 9.15 Å². The molecule has 1 fully saturated rings. The Morgan fingerprint density at radius 1 is 0.872 bits per heavy atom. The van der Waals surface area contributed by atoms with Gasteiger partial charge in [-0.05, 0) is 40.5 Å². The summed E-state index contributed by atoms with van der Waals surface area (Å²) in [5.41, 5.74) is 4.82. The van der Waals surface area contributed by atoms with Crippen LogP contribution in [0.25, 0.3) is 11.3 Å². The van der Waals surface area contributed by atoms with Crippen molar-refractivity contribution in [1.82, 2.24) is 5.01 Å². The first kappa shape index (κ1) is 23.1. The van der Waals surface area contributed by atoms with Gasteiger partial charge in [-0.2, -0.15) is 10.1 Å². The molecule has 1 aliphatic heterocycles. The molecule has 0 N–H and O–H groups in total. The Balaban J connectivity index is 1.20. The Bertz CT molecular complexity index is 1610. The number of rotatable bonds is 5. The van der Waals surface area contributed by atoms with Gasteiger partial charge in [0.2, 0.25) is 0 Å². The summed E-state index contributed by atoms with van der Waals surface area (Å²) in [6.45, 7) is 0. The number of hydrogen-bond acceptors (Lipinski definition) is 7. The zero-order valence-corrected chi connectivity index (χ0v) is 20.7. The smallest absolute Gasteiger partial charge is 0.273 e. The molecule has 2 atom stereocenters. The number of ether oxygens (including phenoxy) is 1. The van der Waals surface area contributed by atoms with Crippen LogP contribution in [-0.2, 0) is 9.59 Å². The molecule has 2 amide bonds. The second kappa shape index (κ2) is 8.49. The van der Waals surface area contributed by atoms with Crippen molar-refractivity contribution in [3.63, 3.8) is 0 Å². The van der Waals surface area contributed by atoms with Gasteiger partial charge in [-0.3, -0.25) is 19.7 Å². The van der Waals surface area contributed by atoms with Crippen molar-refractivity contribution in [2.24, 2.45) is 16.9 Å². The molecule has 2 bridgehead atoms. The molecule has 0 radical (unpaired) electrons. The summed E-state index contributed by atoms with van der Waals surface area (Å²) in [4.78, 5) is 37.9. The Labute approximate surface area is 222 Å². The maximum absolute atomic E-state index is 13.7. The number of amides is 2. The van der Waals surface area contributed by atoms with E-state index in [1.165, 1.54) is 25.5 Å². The number of furan rings is 1. The van der Waals surface area contributed by atoms with Gasteiger partial charge in [-0.1, -0.05) is 48.5 Å². The van der Waals surface area contributed by atoms with Crippen molar-refractivity contribution >= 4 is 23.7 Å². The molecule has 2 heterocycles. The Hall–Kier alpha value is -5.05. The predicted molar refractivity (Wildman–Crippen MR) is 140 cm³/mol. The fourth-order valence-electron chi connectivity index (χ4n) is 6.45. The van der Waals surface area contributed by atoms with Gasteiger partial charge in [0.05, 0.1) is 41.7 Å². The number of methoxy groups -OCH3 is 1. The second-order valence-corrected chi connectivity index (χ2v) is 9.84. The van der Waals surface area contributed by atoms with Crippen LogP contribution >= 0.6 is 0 Å². The molecule has 3 aliphatic carbocycles. The van der Waals surface area contributed by atoms with E-state index in [4.69, 9.17) is 9.15 Å². The Morgan fingerprint density at radius 2 is 1.44 bits per heavy atom. The van der Waals surface area contributed by atoms with Gasteiger partial charge in [0.1, 0.15) is 17.3 Å². The number of benzene rings is 3.